The number of amidine groups is 2. The lowest BCUT2D eigenvalue weighted by atomic mass is 9.93. The lowest BCUT2D eigenvalue weighted by Crippen LogP contribution is -2.46. The van der Waals surface area contributed by atoms with Crippen molar-refractivity contribution in [2.75, 3.05) is 10.2 Å². The third-order valence-electron chi connectivity index (χ3n) is 7.86. The Kier molecular flexibility index (Phi) is 6.84. The molecule has 6 nitrogen and oxygen atoms in total. The number of nitrogens with zero attached hydrogens (tertiary/aromatic N) is 5. The van der Waals surface area contributed by atoms with Gasteiger partial charge in [-0.2, -0.15) is 5.10 Å². The normalized spacial score (nSPS) is 15.3. The van der Waals surface area contributed by atoms with Crippen molar-refractivity contribution in [1.29, 1.82) is 0 Å². The third-order valence-corrected chi connectivity index (χ3v) is 8.11. The SMILES string of the molecule is CCCCc1ccc(NC2=Nc3ccccc3N3C2=Nc2c(c(C)nn2-c2ccccc2)C3c2ccc(Cl)cc2)cc1. The van der Waals surface area contributed by atoms with E-state index in [-0.39, 0.29) is 6.04 Å². The molecule has 1 atom stereocenters. The zero-order valence-electron chi connectivity index (χ0n) is 23.6. The van der Waals surface area contributed by atoms with Crippen LogP contribution in [0.2, 0.25) is 5.02 Å². The summed E-state index contributed by atoms with van der Waals surface area (Å²) < 4.78 is 1.94. The van der Waals surface area contributed by atoms with Crippen LogP contribution in [0.1, 0.15) is 48.2 Å². The summed E-state index contributed by atoms with van der Waals surface area (Å²) in [6, 6.07) is 34.9. The van der Waals surface area contributed by atoms with E-state index in [9.17, 15) is 0 Å². The molecular formula is C35H31ClN6. The molecule has 2 aliphatic heterocycles. The van der Waals surface area contributed by atoms with Crippen LogP contribution >= 0.6 is 11.6 Å². The molecule has 0 bridgehead atoms. The average Bonchev–Trinajstić information content (AvgIpc) is 3.36. The van der Waals surface area contributed by atoms with Crippen LogP contribution in [-0.2, 0) is 6.42 Å². The van der Waals surface area contributed by atoms with Gasteiger partial charge < -0.3 is 10.2 Å². The number of rotatable bonds is 6. The Balaban J connectivity index is 1.41. The van der Waals surface area contributed by atoms with E-state index in [2.05, 4.69) is 84.7 Å². The van der Waals surface area contributed by atoms with E-state index in [4.69, 9.17) is 26.7 Å². The topological polar surface area (TPSA) is 57.8 Å². The van der Waals surface area contributed by atoms with Gasteiger partial charge >= 0.3 is 0 Å². The second kappa shape index (κ2) is 11.0. The predicted octanol–water partition coefficient (Wildman–Crippen LogP) is 8.97. The molecular weight excluding hydrogens is 540 g/mol. The Morgan fingerprint density at radius 1 is 0.833 bits per heavy atom. The number of fused-ring (bicyclic) bond motifs is 4. The number of aliphatic imine (C=N–C) groups is 2. The highest BCUT2D eigenvalue weighted by Gasteiger charge is 2.41. The molecule has 208 valence electrons. The first-order chi connectivity index (χ1) is 20.6. The largest absolute Gasteiger partial charge is 0.337 e. The number of anilines is 2. The molecule has 1 unspecified atom stereocenters. The van der Waals surface area contributed by atoms with Crippen LogP contribution in [0, 0.1) is 6.92 Å². The number of unbranched alkanes of at least 4 members (excludes halogenated alkanes) is 1. The highest BCUT2D eigenvalue weighted by Crippen LogP contribution is 2.48. The van der Waals surface area contributed by atoms with E-state index in [1.54, 1.807) is 0 Å². The van der Waals surface area contributed by atoms with Crippen LogP contribution in [0.25, 0.3) is 5.69 Å². The molecule has 0 fully saturated rings. The first kappa shape index (κ1) is 26.2. The Labute approximate surface area is 251 Å². The maximum absolute atomic E-state index is 6.35. The van der Waals surface area contributed by atoms with Gasteiger partial charge in [-0.1, -0.05) is 79.5 Å². The number of benzene rings is 4. The van der Waals surface area contributed by atoms with Gasteiger partial charge in [0.1, 0.15) is 0 Å². The molecule has 1 aromatic heterocycles. The van der Waals surface area contributed by atoms with Gasteiger partial charge in [-0.3, -0.25) is 0 Å². The van der Waals surface area contributed by atoms with E-state index in [0.717, 1.165) is 57.6 Å². The van der Waals surface area contributed by atoms with E-state index >= 15 is 0 Å². The molecule has 4 aromatic carbocycles. The summed E-state index contributed by atoms with van der Waals surface area (Å²) in [6.45, 7) is 4.28. The maximum atomic E-state index is 6.35. The van der Waals surface area contributed by atoms with Crippen molar-refractivity contribution in [1.82, 2.24) is 9.78 Å². The van der Waals surface area contributed by atoms with Gasteiger partial charge in [-0.05, 0) is 79.4 Å². The minimum atomic E-state index is -0.188. The van der Waals surface area contributed by atoms with Crippen LogP contribution in [0.3, 0.4) is 0 Å². The number of nitrogens with one attached hydrogen (secondary N) is 1. The average molecular weight is 571 g/mol. The molecule has 0 radical (unpaired) electrons. The van der Waals surface area contributed by atoms with E-state index in [1.165, 1.54) is 18.4 Å². The summed E-state index contributed by atoms with van der Waals surface area (Å²) in [5.41, 5.74) is 8.22. The van der Waals surface area contributed by atoms with E-state index in [0.29, 0.717) is 10.9 Å². The highest BCUT2D eigenvalue weighted by molar-refractivity contribution is 6.51. The van der Waals surface area contributed by atoms with Gasteiger partial charge in [-0.15, -0.1) is 0 Å². The first-order valence-corrected chi connectivity index (χ1v) is 14.8. The number of aromatic nitrogens is 2. The van der Waals surface area contributed by atoms with Crippen molar-refractivity contribution in [3.05, 3.63) is 131 Å². The summed E-state index contributed by atoms with van der Waals surface area (Å²) in [6.07, 6.45) is 3.45. The Morgan fingerprint density at radius 2 is 1.57 bits per heavy atom. The van der Waals surface area contributed by atoms with Crippen molar-refractivity contribution >= 4 is 46.2 Å². The fraction of sp³-hybridized carbons (Fsp3) is 0.171. The van der Waals surface area contributed by atoms with Crippen LogP contribution in [0.5, 0.6) is 0 Å². The number of para-hydroxylation sites is 3. The minimum Gasteiger partial charge on any atom is -0.337 e. The molecule has 3 heterocycles. The molecule has 1 N–H and O–H groups in total. The Hall–Kier alpha value is -4.68. The summed E-state index contributed by atoms with van der Waals surface area (Å²) in [5.74, 6) is 2.24. The smallest absolute Gasteiger partial charge is 0.179 e. The summed E-state index contributed by atoms with van der Waals surface area (Å²) in [4.78, 5) is 12.7. The van der Waals surface area contributed by atoms with Crippen molar-refractivity contribution in [2.45, 2.75) is 39.2 Å². The van der Waals surface area contributed by atoms with Gasteiger partial charge in [0.15, 0.2) is 17.5 Å². The first-order valence-electron chi connectivity index (χ1n) is 14.4. The molecule has 0 amide bonds. The molecule has 0 saturated carbocycles. The maximum Gasteiger partial charge on any atom is 0.179 e. The molecule has 7 heteroatoms. The molecule has 0 aliphatic carbocycles. The van der Waals surface area contributed by atoms with E-state index in [1.807, 2.05) is 47.1 Å². The summed E-state index contributed by atoms with van der Waals surface area (Å²) in [7, 11) is 0. The van der Waals surface area contributed by atoms with Crippen molar-refractivity contribution < 1.29 is 0 Å². The van der Waals surface area contributed by atoms with Crippen molar-refractivity contribution in [2.24, 2.45) is 9.98 Å². The zero-order chi connectivity index (χ0) is 28.6. The molecule has 2 aliphatic rings. The summed E-state index contributed by atoms with van der Waals surface area (Å²) in [5, 5.41) is 9.32. The molecule has 42 heavy (non-hydrogen) atoms. The highest BCUT2D eigenvalue weighted by atomic mass is 35.5. The number of hydrogen-bond donors (Lipinski definition) is 1. The van der Waals surface area contributed by atoms with E-state index < -0.39 is 0 Å². The van der Waals surface area contributed by atoms with Gasteiger partial charge in [0.25, 0.3) is 0 Å². The monoisotopic (exact) mass is 570 g/mol. The van der Waals surface area contributed by atoms with Gasteiger partial charge in [0, 0.05) is 16.3 Å². The fourth-order valence-corrected chi connectivity index (χ4v) is 5.91. The standard InChI is InChI=1S/C35H31ClN6/c1-3-4-10-24-15-21-27(22-16-24)37-33-35-39-34-31(23(2)40-42(34)28-11-6-5-7-12-28)32(25-17-19-26(36)20-18-25)41(35)30-14-9-8-13-29(30)38-33/h5-9,11-22,32H,3-4,10H2,1-2H3,(H,37,38). The Morgan fingerprint density at radius 3 is 2.33 bits per heavy atom. The summed E-state index contributed by atoms with van der Waals surface area (Å²) >= 11 is 6.35. The van der Waals surface area contributed by atoms with Crippen LogP contribution in [0.4, 0.5) is 22.9 Å². The minimum absolute atomic E-state index is 0.188. The number of halogens is 1. The van der Waals surface area contributed by atoms with Gasteiger partial charge in [0.05, 0.1) is 28.8 Å². The van der Waals surface area contributed by atoms with Crippen LogP contribution in [0.15, 0.2) is 113 Å². The second-order valence-electron chi connectivity index (χ2n) is 10.7. The third kappa shape index (κ3) is 4.68. The molecule has 0 spiro atoms. The number of aryl methyl sites for hydroxylation is 2. The molecule has 5 aromatic rings. The molecule has 0 saturated heterocycles. The predicted molar refractivity (Wildman–Crippen MR) is 173 cm³/mol. The van der Waals surface area contributed by atoms with Crippen molar-refractivity contribution in [3.63, 3.8) is 0 Å². The lowest BCUT2D eigenvalue weighted by molar-refractivity contribution is 0.795. The number of hydrogen-bond acceptors (Lipinski definition) is 5. The second-order valence-corrected chi connectivity index (χ2v) is 11.1. The quantitative estimate of drug-likeness (QED) is 0.222. The Bertz CT molecular complexity index is 1800. The van der Waals surface area contributed by atoms with Gasteiger partial charge in [0.2, 0.25) is 0 Å². The molecule has 7 rings (SSSR count). The fourth-order valence-electron chi connectivity index (χ4n) is 5.78. The van der Waals surface area contributed by atoms with Crippen LogP contribution in [-0.4, -0.2) is 21.5 Å². The lowest BCUT2D eigenvalue weighted by Gasteiger charge is -2.40. The van der Waals surface area contributed by atoms with Gasteiger partial charge in [-0.25, -0.2) is 14.7 Å². The van der Waals surface area contributed by atoms with Crippen LogP contribution < -0.4 is 10.2 Å². The van der Waals surface area contributed by atoms with Crippen molar-refractivity contribution in [3.8, 4) is 5.69 Å². The zero-order valence-corrected chi connectivity index (χ0v) is 24.4.